The Bertz CT molecular complexity index is 669. The largest absolute Gasteiger partial charge is 0.416 e. The number of anilines is 1. The molecule has 9 heteroatoms. The van der Waals surface area contributed by atoms with Gasteiger partial charge in [0.1, 0.15) is 0 Å². The summed E-state index contributed by atoms with van der Waals surface area (Å²) in [6.45, 7) is 8.53. The molecule has 2 rings (SSSR count). The zero-order chi connectivity index (χ0) is 20.9. The average Bonchev–Trinajstić information content (AvgIpc) is 2.60. The molecule has 1 atom stereocenters. The highest BCUT2D eigenvalue weighted by Crippen LogP contribution is 2.29. The molecule has 28 heavy (non-hydrogen) atoms. The van der Waals surface area contributed by atoms with Crippen LogP contribution in [0.4, 0.5) is 18.9 Å². The summed E-state index contributed by atoms with van der Waals surface area (Å²) in [5.74, 6) is -0.290. The number of rotatable bonds is 6. The molecule has 2 N–H and O–H groups in total. The number of carbonyl (C=O) groups excluding carboxylic acids is 2. The lowest BCUT2D eigenvalue weighted by molar-refractivity contribution is -0.137. The average molecular weight is 400 g/mol. The van der Waals surface area contributed by atoms with E-state index in [-0.39, 0.29) is 17.9 Å². The van der Waals surface area contributed by atoms with E-state index in [0.717, 1.165) is 12.1 Å². The number of amides is 2. The van der Waals surface area contributed by atoms with Crippen LogP contribution in [-0.4, -0.2) is 66.4 Å². The van der Waals surface area contributed by atoms with Crippen molar-refractivity contribution in [2.24, 2.45) is 0 Å². The summed E-state index contributed by atoms with van der Waals surface area (Å²) in [5.41, 5.74) is -0.426. The number of benzene rings is 1. The summed E-state index contributed by atoms with van der Waals surface area (Å²) in [4.78, 5) is 28.3. The van der Waals surface area contributed by atoms with Crippen molar-refractivity contribution in [3.05, 3.63) is 29.8 Å². The number of nitrogens with one attached hydrogen (secondary N) is 2. The van der Waals surface area contributed by atoms with Gasteiger partial charge in [0, 0.05) is 37.9 Å². The van der Waals surface area contributed by atoms with Crippen molar-refractivity contribution in [1.29, 1.82) is 0 Å². The topological polar surface area (TPSA) is 64.7 Å². The summed E-state index contributed by atoms with van der Waals surface area (Å²) in [6.07, 6.45) is -4.40. The number of hydrogen-bond donors (Lipinski definition) is 2. The maximum Gasteiger partial charge on any atom is 0.416 e. The predicted octanol–water partition coefficient (Wildman–Crippen LogP) is 2.17. The molecule has 6 nitrogen and oxygen atoms in total. The predicted molar refractivity (Wildman–Crippen MR) is 101 cm³/mol. The van der Waals surface area contributed by atoms with Gasteiger partial charge in [-0.05, 0) is 45.0 Å². The molecule has 0 spiro atoms. The minimum absolute atomic E-state index is 0.0171. The number of hydrogen-bond acceptors (Lipinski definition) is 4. The first kappa shape index (κ1) is 22.2. The molecule has 1 aromatic carbocycles. The van der Waals surface area contributed by atoms with Crippen molar-refractivity contribution in [3.8, 4) is 0 Å². The Hall–Kier alpha value is -2.13. The summed E-state index contributed by atoms with van der Waals surface area (Å²) < 4.78 is 37.8. The van der Waals surface area contributed by atoms with Crippen LogP contribution in [0.3, 0.4) is 0 Å². The maximum atomic E-state index is 12.6. The second-order valence-electron chi connectivity index (χ2n) is 7.27. The van der Waals surface area contributed by atoms with E-state index in [1.165, 1.54) is 12.1 Å². The van der Waals surface area contributed by atoms with Crippen molar-refractivity contribution in [1.82, 2.24) is 15.1 Å². The first-order chi connectivity index (χ1) is 13.1. The van der Waals surface area contributed by atoms with E-state index in [0.29, 0.717) is 38.4 Å². The molecule has 1 aliphatic rings. The third-order valence-corrected chi connectivity index (χ3v) is 4.63. The van der Waals surface area contributed by atoms with Gasteiger partial charge in [0.25, 0.3) is 0 Å². The van der Waals surface area contributed by atoms with Crippen LogP contribution in [0.1, 0.15) is 26.3 Å². The molecule has 1 aliphatic heterocycles. The Morgan fingerprint density at radius 2 is 1.61 bits per heavy atom. The van der Waals surface area contributed by atoms with Gasteiger partial charge in [0.05, 0.1) is 18.2 Å². The minimum Gasteiger partial charge on any atom is -0.353 e. The fourth-order valence-corrected chi connectivity index (χ4v) is 3.03. The summed E-state index contributed by atoms with van der Waals surface area (Å²) >= 11 is 0. The van der Waals surface area contributed by atoms with Gasteiger partial charge < -0.3 is 10.6 Å². The summed E-state index contributed by atoms with van der Waals surface area (Å²) in [7, 11) is 0. The van der Waals surface area contributed by atoms with Gasteiger partial charge in [-0.15, -0.1) is 0 Å². The van der Waals surface area contributed by atoms with E-state index >= 15 is 0 Å². The molecule has 0 radical (unpaired) electrons. The van der Waals surface area contributed by atoms with E-state index in [1.54, 1.807) is 6.92 Å². The van der Waals surface area contributed by atoms with Crippen LogP contribution in [-0.2, 0) is 15.8 Å². The van der Waals surface area contributed by atoms with Gasteiger partial charge in [0.2, 0.25) is 11.8 Å². The Kier molecular flexibility index (Phi) is 7.42. The lowest BCUT2D eigenvalue weighted by atomic mass is 10.1. The monoisotopic (exact) mass is 400 g/mol. The number of piperazine rings is 1. The Balaban J connectivity index is 1.82. The highest BCUT2D eigenvalue weighted by Gasteiger charge is 2.30. The molecule has 156 valence electrons. The second-order valence-corrected chi connectivity index (χ2v) is 7.27. The molecule has 1 fully saturated rings. The first-order valence-corrected chi connectivity index (χ1v) is 9.30. The van der Waals surface area contributed by atoms with E-state index in [9.17, 15) is 22.8 Å². The van der Waals surface area contributed by atoms with Crippen molar-refractivity contribution in [2.75, 3.05) is 38.0 Å². The molecule has 1 heterocycles. The van der Waals surface area contributed by atoms with Crippen molar-refractivity contribution in [3.63, 3.8) is 0 Å². The van der Waals surface area contributed by atoms with E-state index < -0.39 is 17.8 Å². The molecule has 0 aromatic heterocycles. The maximum absolute atomic E-state index is 12.6. The molecule has 0 bridgehead atoms. The molecule has 0 unspecified atom stereocenters. The van der Waals surface area contributed by atoms with Crippen molar-refractivity contribution < 1.29 is 22.8 Å². The van der Waals surface area contributed by atoms with Crippen LogP contribution < -0.4 is 10.6 Å². The van der Waals surface area contributed by atoms with Crippen LogP contribution in [0, 0.1) is 0 Å². The molecular formula is C19H27F3N4O2. The lowest BCUT2D eigenvalue weighted by Gasteiger charge is -2.37. The van der Waals surface area contributed by atoms with Crippen LogP contribution in [0.25, 0.3) is 0 Å². The minimum atomic E-state index is -4.40. The SMILES string of the molecule is CC(C)NC(=O)CN1CCN([C@H](C)C(=O)Nc2ccc(C(F)(F)F)cc2)CC1. The highest BCUT2D eigenvalue weighted by molar-refractivity contribution is 5.94. The fourth-order valence-electron chi connectivity index (χ4n) is 3.03. The first-order valence-electron chi connectivity index (χ1n) is 9.30. The highest BCUT2D eigenvalue weighted by atomic mass is 19.4. The van der Waals surface area contributed by atoms with E-state index in [4.69, 9.17) is 0 Å². The third kappa shape index (κ3) is 6.49. The van der Waals surface area contributed by atoms with Crippen molar-refractivity contribution in [2.45, 2.75) is 39.0 Å². The van der Waals surface area contributed by atoms with Gasteiger partial charge in [-0.25, -0.2) is 0 Å². The van der Waals surface area contributed by atoms with Gasteiger partial charge in [0.15, 0.2) is 0 Å². The number of alkyl halides is 3. The Morgan fingerprint density at radius 1 is 1.04 bits per heavy atom. The molecule has 0 aliphatic carbocycles. The van der Waals surface area contributed by atoms with Crippen LogP contribution in [0.2, 0.25) is 0 Å². The quantitative estimate of drug-likeness (QED) is 0.768. The summed E-state index contributed by atoms with van der Waals surface area (Å²) in [6, 6.07) is 4.07. The zero-order valence-corrected chi connectivity index (χ0v) is 16.3. The number of halogens is 3. The Morgan fingerprint density at radius 3 is 2.11 bits per heavy atom. The van der Waals surface area contributed by atoms with Gasteiger partial charge in [-0.1, -0.05) is 0 Å². The smallest absolute Gasteiger partial charge is 0.353 e. The number of carbonyl (C=O) groups is 2. The molecule has 1 saturated heterocycles. The van der Waals surface area contributed by atoms with E-state index in [2.05, 4.69) is 10.6 Å². The van der Waals surface area contributed by atoms with Gasteiger partial charge in [-0.3, -0.25) is 19.4 Å². The van der Waals surface area contributed by atoms with Crippen LogP contribution >= 0.6 is 0 Å². The van der Waals surface area contributed by atoms with Gasteiger partial charge in [-0.2, -0.15) is 13.2 Å². The molecule has 0 saturated carbocycles. The normalized spacial score (nSPS) is 17.4. The second kappa shape index (κ2) is 9.38. The molecule has 2 amide bonds. The van der Waals surface area contributed by atoms with Crippen LogP contribution in [0.15, 0.2) is 24.3 Å². The molecule has 1 aromatic rings. The zero-order valence-electron chi connectivity index (χ0n) is 16.3. The molecular weight excluding hydrogens is 373 g/mol. The van der Waals surface area contributed by atoms with Gasteiger partial charge >= 0.3 is 6.18 Å². The number of nitrogens with zero attached hydrogens (tertiary/aromatic N) is 2. The Labute approximate surface area is 163 Å². The fraction of sp³-hybridized carbons (Fsp3) is 0.579. The lowest BCUT2D eigenvalue weighted by Crippen LogP contribution is -2.54. The van der Waals surface area contributed by atoms with E-state index in [1.807, 2.05) is 23.6 Å². The third-order valence-electron chi connectivity index (χ3n) is 4.63. The van der Waals surface area contributed by atoms with Crippen molar-refractivity contribution >= 4 is 17.5 Å². The van der Waals surface area contributed by atoms with Crippen LogP contribution in [0.5, 0.6) is 0 Å². The standard InChI is InChI=1S/C19H27F3N4O2/c1-13(2)23-17(27)12-25-8-10-26(11-9-25)14(3)18(28)24-16-6-4-15(5-7-16)19(20,21)22/h4-7,13-14H,8-12H2,1-3H3,(H,23,27)(H,24,28)/t14-/m1/s1. The summed E-state index contributed by atoms with van der Waals surface area (Å²) in [5, 5.41) is 5.51.